The highest BCUT2D eigenvalue weighted by molar-refractivity contribution is 5.82. The number of nitrogens with zero attached hydrogens (tertiary/aromatic N) is 3. The first-order valence-electron chi connectivity index (χ1n) is 8.86. The van der Waals surface area contributed by atoms with E-state index in [1.54, 1.807) is 12.3 Å². The van der Waals surface area contributed by atoms with E-state index in [9.17, 15) is 0 Å². The molecule has 2 unspecified atom stereocenters. The predicted octanol–water partition coefficient (Wildman–Crippen LogP) is 4.44. The predicted molar refractivity (Wildman–Crippen MR) is 102 cm³/mol. The summed E-state index contributed by atoms with van der Waals surface area (Å²) in [7, 11) is 4.20. The van der Waals surface area contributed by atoms with Crippen LogP contribution in [0.5, 0.6) is 0 Å². The molecule has 1 aromatic rings. The van der Waals surface area contributed by atoms with Crippen molar-refractivity contribution in [1.82, 2.24) is 0 Å². The number of benzene rings is 1. The maximum absolute atomic E-state index is 4.65. The molecule has 1 aromatic carbocycles. The number of aryl methyl sites for hydroxylation is 1. The molecule has 1 saturated carbocycles. The first-order chi connectivity index (χ1) is 11.1. The minimum absolute atomic E-state index is 0.896. The van der Waals surface area contributed by atoms with Gasteiger partial charge < -0.3 is 9.80 Å². The van der Waals surface area contributed by atoms with E-state index in [0.717, 1.165) is 23.9 Å². The zero-order valence-corrected chi connectivity index (χ0v) is 14.8. The minimum atomic E-state index is 0.896. The molecule has 2 atom stereocenters. The Morgan fingerprint density at radius 3 is 2.52 bits per heavy atom. The largest absolute Gasteiger partial charge is 0.376 e. The molecular formula is C20H29N3. The second-order valence-corrected chi connectivity index (χ2v) is 7.18. The van der Waals surface area contributed by atoms with Crippen LogP contribution in [-0.2, 0) is 6.42 Å². The molecule has 1 aliphatic heterocycles. The lowest BCUT2D eigenvalue weighted by molar-refractivity contribution is 0.421. The highest BCUT2D eigenvalue weighted by atomic mass is 15.2. The second kappa shape index (κ2) is 6.77. The molecule has 23 heavy (non-hydrogen) atoms. The molecule has 3 heteroatoms. The lowest BCUT2D eigenvalue weighted by Gasteiger charge is -2.34. The van der Waals surface area contributed by atoms with E-state index in [4.69, 9.17) is 0 Å². The van der Waals surface area contributed by atoms with Gasteiger partial charge in [0.05, 0.1) is 11.4 Å². The zero-order chi connectivity index (χ0) is 16.4. The highest BCUT2D eigenvalue weighted by Crippen LogP contribution is 2.41. The highest BCUT2D eigenvalue weighted by Gasteiger charge is 2.33. The smallest absolute Gasteiger partial charge is 0.0886 e. The third kappa shape index (κ3) is 3.29. The molecular weight excluding hydrogens is 282 g/mol. The summed E-state index contributed by atoms with van der Waals surface area (Å²) in [5.41, 5.74) is 5.01. The number of anilines is 2. The van der Waals surface area contributed by atoms with Crippen LogP contribution < -0.4 is 9.80 Å². The third-order valence-electron chi connectivity index (χ3n) is 5.27. The van der Waals surface area contributed by atoms with E-state index in [2.05, 4.69) is 54.5 Å². The fourth-order valence-corrected chi connectivity index (χ4v) is 4.28. The summed E-state index contributed by atoms with van der Waals surface area (Å²) in [6, 6.07) is 4.65. The lowest BCUT2D eigenvalue weighted by Crippen LogP contribution is -2.36. The van der Waals surface area contributed by atoms with Crippen molar-refractivity contribution in [3.8, 4) is 0 Å². The molecule has 1 saturated heterocycles. The molecule has 0 amide bonds. The van der Waals surface area contributed by atoms with E-state index in [1.807, 2.05) is 0 Å². The van der Waals surface area contributed by atoms with Crippen molar-refractivity contribution < 1.29 is 0 Å². The first kappa shape index (κ1) is 16.1. The average molecular weight is 311 g/mol. The monoisotopic (exact) mass is 311 g/mol. The normalized spacial score (nSPS) is 23.5. The molecule has 0 N–H and O–H groups in total. The molecule has 2 bridgehead atoms. The van der Waals surface area contributed by atoms with Gasteiger partial charge in [0.1, 0.15) is 0 Å². The Morgan fingerprint density at radius 1 is 1.26 bits per heavy atom. The SMILES string of the molecule is C=C/C=N\c1cc(N2CC3CCC(C3)C2)cc(CC)c1N(C)C. The van der Waals surface area contributed by atoms with Gasteiger partial charge in [-0.1, -0.05) is 19.6 Å². The third-order valence-corrected chi connectivity index (χ3v) is 5.27. The zero-order valence-electron chi connectivity index (χ0n) is 14.8. The van der Waals surface area contributed by atoms with Crippen LogP contribution in [0.3, 0.4) is 0 Å². The van der Waals surface area contributed by atoms with Crippen LogP contribution in [0, 0.1) is 11.8 Å². The fraction of sp³-hybridized carbons (Fsp3) is 0.550. The number of hydrogen-bond donors (Lipinski definition) is 0. The van der Waals surface area contributed by atoms with E-state index in [1.165, 1.54) is 49.3 Å². The van der Waals surface area contributed by atoms with Crippen molar-refractivity contribution >= 4 is 23.3 Å². The van der Waals surface area contributed by atoms with Gasteiger partial charge in [0, 0.05) is 39.1 Å². The Hall–Kier alpha value is -1.77. The molecule has 2 fully saturated rings. The average Bonchev–Trinajstić information content (AvgIpc) is 2.89. The van der Waals surface area contributed by atoms with Crippen LogP contribution in [0.1, 0.15) is 31.7 Å². The number of aliphatic imine (C=N–C) groups is 1. The molecule has 0 spiro atoms. The lowest BCUT2D eigenvalue weighted by atomic mass is 9.97. The Morgan fingerprint density at radius 2 is 1.96 bits per heavy atom. The standard InChI is InChI=1S/C20H29N3/c1-5-9-21-19-12-18(11-17(6-2)20(19)22(3)4)23-13-15-7-8-16(10-15)14-23/h5,9,11-12,15-16H,1,6-8,10,13-14H2,2-4H3/b21-9-. The van der Waals surface area contributed by atoms with Gasteiger partial charge in [-0.15, -0.1) is 0 Å². The quantitative estimate of drug-likeness (QED) is 0.749. The van der Waals surface area contributed by atoms with Crippen LogP contribution in [-0.4, -0.2) is 33.4 Å². The molecule has 3 nitrogen and oxygen atoms in total. The molecule has 2 aliphatic rings. The van der Waals surface area contributed by atoms with E-state index in [-0.39, 0.29) is 0 Å². The fourth-order valence-electron chi connectivity index (χ4n) is 4.28. The van der Waals surface area contributed by atoms with Crippen molar-refractivity contribution in [3.63, 3.8) is 0 Å². The summed E-state index contributed by atoms with van der Waals surface area (Å²) in [5.74, 6) is 1.79. The van der Waals surface area contributed by atoms with Gasteiger partial charge in [0.15, 0.2) is 0 Å². The van der Waals surface area contributed by atoms with Gasteiger partial charge in [0.2, 0.25) is 0 Å². The number of rotatable bonds is 5. The van der Waals surface area contributed by atoms with Crippen LogP contribution in [0.15, 0.2) is 29.8 Å². The summed E-state index contributed by atoms with van der Waals surface area (Å²) in [5, 5.41) is 0. The summed E-state index contributed by atoms with van der Waals surface area (Å²) in [4.78, 5) is 9.43. The van der Waals surface area contributed by atoms with E-state index >= 15 is 0 Å². The number of piperidine rings is 1. The maximum Gasteiger partial charge on any atom is 0.0886 e. The minimum Gasteiger partial charge on any atom is -0.376 e. The van der Waals surface area contributed by atoms with Gasteiger partial charge in [-0.25, -0.2) is 0 Å². The Bertz CT molecular complexity index is 591. The molecule has 1 aliphatic carbocycles. The van der Waals surface area contributed by atoms with Crippen molar-refractivity contribution in [2.24, 2.45) is 16.8 Å². The molecule has 0 radical (unpaired) electrons. The summed E-state index contributed by atoms with van der Waals surface area (Å²) >= 11 is 0. The van der Waals surface area contributed by atoms with E-state index < -0.39 is 0 Å². The second-order valence-electron chi connectivity index (χ2n) is 7.18. The van der Waals surface area contributed by atoms with Crippen LogP contribution in [0.2, 0.25) is 0 Å². The van der Waals surface area contributed by atoms with Gasteiger partial charge in [-0.2, -0.15) is 0 Å². The van der Waals surface area contributed by atoms with Crippen molar-refractivity contribution in [3.05, 3.63) is 30.4 Å². The maximum atomic E-state index is 4.65. The van der Waals surface area contributed by atoms with Crippen molar-refractivity contribution in [2.45, 2.75) is 32.6 Å². The van der Waals surface area contributed by atoms with Gasteiger partial charge in [-0.05, 0) is 55.2 Å². The topological polar surface area (TPSA) is 18.8 Å². The summed E-state index contributed by atoms with van der Waals surface area (Å²) in [6.07, 6.45) is 8.84. The summed E-state index contributed by atoms with van der Waals surface area (Å²) < 4.78 is 0. The molecule has 1 heterocycles. The van der Waals surface area contributed by atoms with Crippen molar-refractivity contribution in [1.29, 1.82) is 0 Å². The number of hydrogen-bond acceptors (Lipinski definition) is 3. The Kier molecular flexibility index (Phi) is 4.74. The molecule has 0 aromatic heterocycles. The summed E-state index contributed by atoms with van der Waals surface area (Å²) in [6.45, 7) is 8.42. The van der Waals surface area contributed by atoms with Crippen LogP contribution in [0.4, 0.5) is 17.1 Å². The van der Waals surface area contributed by atoms with E-state index in [0.29, 0.717) is 0 Å². The first-order valence-corrected chi connectivity index (χ1v) is 8.86. The van der Waals surface area contributed by atoms with Crippen molar-refractivity contribution in [2.75, 3.05) is 37.0 Å². The Balaban J connectivity index is 2.00. The van der Waals surface area contributed by atoms with Gasteiger partial charge in [-0.3, -0.25) is 4.99 Å². The van der Waals surface area contributed by atoms with Gasteiger partial charge >= 0.3 is 0 Å². The Labute approximate surface area is 140 Å². The van der Waals surface area contributed by atoms with Gasteiger partial charge in [0.25, 0.3) is 0 Å². The number of allylic oxidation sites excluding steroid dienone is 1. The number of fused-ring (bicyclic) bond motifs is 2. The van der Waals surface area contributed by atoms with Crippen LogP contribution in [0.25, 0.3) is 0 Å². The molecule has 3 rings (SSSR count). The van der Waals surface area contributed by atoms with Crippen LogP contribution >= 0.6 is 0 Å². The molecule has 124 valence electrons.